The number of halogens is 5. The lowest BCUT2D eigenvalue weighted by molar-refractivity contribution is -0.274. The van der Waals surface area contributed by atoms with Gasteiger partial charge in [-0.1, -0.05) is 11.6 Å². The number of amides is 1. The SMILES string of the molecule is Cc1[nH]c2c(F)ccc(Cl)c2c1CCNC(=O)c1cc2cc(OC(F)(F)F)ccc2[nH]1. The molecule has 4 rings (SSSR count). The van der Waals surface area contributed by atoms with Crippen LogP contribution in [-0.4, -0.2) is 28.8 Å². The number of carbonyl (C=O) groups excluding carboxylic acids is 1. The van der Waals surface area contributed by atoms with Crippen LogP contribution < -0.4 is 10.1 Å². The number of hydrogen-bond donors (Lipinski definition) is 3. The van der Waals surface area contributed by atoms with Gasteiger partial charge < -0.3 is 20.0 Å². The molecule has 0 fully saturated rings. The van der Waals surface area contributed by atoms with Crippen molar-refractivity contribution in [3.63, 3.8) is 0 Å². The zero-order valence-corrected chi connectivity index (χ0v) is 16.8. The molecule has 0 radical (unpaired) electrons. The average molecular weight is 454 g/mol. The van der Waals surface area contributed by atoms with E-state index in [1.165, 1.54) is 30.3 Å². The monoisotopic (exact) mass is 453 g/mol. The average Bonchev–Trinajstić information content (AvgIpc) is 3.25. The first-order valence-corrected chi connectivity index (χ1v) is 9.62. The number of nitrogens with one attached hydrogen (secondary N) is 3. The Morgan fingerprint density at radius 3 is 2.68 bits per heavy atom. The van der Waals surface area contributed by atoms with Crippen LogP contribution in [-0.2, 0) is 6.42 Å². The highest BCUT2D eigenvalue weighted by Crippen LogP contribution is 2.31. The van der Waals surface area contributed by atoms with Gasteiger partial charge in [-0.3, -0.25) is 4.79 Å². The summed E-state index contributed by atoms with van der Waals surface area (Å²) in [4.78, 5) is 18.3. The number of benzene rings is 2. The van der Waals surface area contributed by atoms with E-state index in [2.05, 4.69) is 20.0 Å². The molecule has 162 valence electrons. The minimum absolute atomic E-state index is 0.193. The molecule has 0 unspecified atom stereocenters. The van der Waals surface area contributed by atoms with Crippen molar-refractivity contribution in [3.8, 4) is 5.75 Å². The Balaban J connectivity index is 1.47. The molecule has 0 aliphatic carbocycles. The van der Waals surface area contributed by atoms with Crippen LogP contribution in [0.15, 0.2) is 36.4 Å². The number of hydrogen-bond acceptors (Lipinski definition) is 2. The van der Waals surface area contributed by atoms with Crippen molar-refractivity contribution in [2.45, 2.75) is 19.7 Å². The predicted octanol–water partition coefficient (Wildman–Crippen LogP) is 5.62. The third kappa shape index (κ3) is 4.32. The van der Waals surface area contributed by atoms with Crippen molar-refractivity contribution in [1.29, 1.82) is 0 Å². The number of fused-ring (bicyclic) bond motifs is 2. The van der Waals surface area contributed by atoms with Gasteiger partial charge in [0.2, 0.25) is 0 Å². The maximum Gasteiger partial charge on any atom is 0.573 e. The Hall–Kier alpha value is -3.20. The van der Waals surface area contributed by atoms with Crippen LogP contribution in [0.3, 0.4) is 0 Å². The quantitative estimate of drug-likeness (QED) is 0.343. The molecule has 0 atom stereocenters. The fourth-order valence-electron chi connectivity index (χ4n) is 3.56. The van der Waals surface area contributed by atoms with Crippen molar-refractivity contribution in [1.82, 2.24) is 15.3 Å². The second kappa shape index (κ2) is 7.81. The Bertz CT molecular complexity index is 1290. The number of aromatic amines is 2. The second-order valence-corrected chi connectivity index (χ2v) is 7.40. The molecule has 31 heavy (non-hydrogen) atoms. The van der Waals surface area contributed by atoms with Crippen LogP contribution >= 0.6 is 11.6 Å². The van der Waals surface area contributed by atoms with Gasteiger partial charge in [-0.05, 0) is 55.3 Å². The maximum absolute atomic E-state index is 14.0. The summed E-state index contributed by atoms with van der Waals surface area (Å²) in [7, 11) is 0. The van der Waals surface area contributed by atoms with Crippen molar-refractivity contribution < 1.29 is 27.1 Å². The van der Waals surface area contributed by atoms with Gasteiger partial charge in [0.15, 0.2) is 0 Å². The van der Waals surface area contributed by atoms with Gasteiger partial charge in [0.1, 0.15) is 17.3 Å². The van der Waals surface area contributed by atoms with E-state index < -0.39 is 18.1 Å². The van der Waals surface area contributed by atoms with E-state index in [4.69, 9.17) is 11.6 Å². The summed E-state index contributed by atoms with van der Waals surface area (Å²) in [6, 6.07) is 7.97. The van der Waals surface area contributed by atoms with Crippen LogP contribution in [0.2, 0.25) is 5.02 Å². The molecule has 0 spiro atoms. The van der Waals surface area contributed by atoms with Gasteiger partial charge in [-0.25, -0.2) is 4.39 Å². The molecule has 0 aliphatic heterocycles. The molecule has 0 saturated carbocycles. The molecule has 0 aliphatic rings. The Kier molecular flexibility index (Phi) is 5.30. The number of ether oxygens (including phenoxy) is 1. The topological polar surface area (TPSA) is 69.9 Å². The minimum atomic E-state index is -4.80. The van der Waals surface area contributed by atoms with Gasteiger partial charge in [-0.2, -0.15) is 0 Å². The lowest BCUT2D eigenvalue weighted by Gasteiger charge is -2.08. The number of H-pyrrole nitrogens is 2. The minimum Gasteiger partial charge on any atom is -0.406 e. The van der Waals surface area contributed by atoms with E-state index in [9.17, 15) is 22.4 Å². The molecular weight excluding hydrogens is 438 g/mol. The molecule has 10 heteroatoms. The summed E-state index contributed by atoms with van der Waals surface area (Å²) in [5.41, 5.74) is 2.55. The van der Waals surface area contributed by atoms with Crippen molar-refractivity contribution in [2.24, 2.45) is 0 Å². The molecule has 0 saturated heterocycles. The zero-order valence-electron chi connectivity index (χ0n) is 16.1. The first-order valence-electron chi connectivity index (χ1n) is 9.24. The number of aromatic nitrogens is 2. The van der Waals surface area contributed by atoms with E-state index in [0.717, 1.165) is 17.3 Å². The first kappa shape index (κ1) is 21.0. The molecule has 5 nitrogen and oxygen atoms in total. The smallest absolute Gasteiger partial charge is 0.406 e. The highest BCUT2D eigenvalue weighted by Gasteiger charge is 2.31. The Labute approximate surface area is 178 Å². The number of alkyl halides is 3. The summed E-state index contributed by atoms with van der Waals surface area (Å²) >= 11 is 6.22. The highest BCUT2D eigenvalue weighted by atomic mass is 35.5. The van der Waals surface area contributed by atoms with Gasteiger partial charge >= 0.3 is 6.36 Å². The normalized spacial score (nSPS) is 11.9. The van der Waals surface area contributed by atoms with Gasteiger partial charge in [0.05, 0.1) is 10.5 Å². The molecule has 2 aromatic heterocycles. The van der Waals surface area contributed by atoms with Crippen LogP contribution in [0.25, 0.3) is 21.8 Å². The highest BCUT2D eigenvalue weighted by molar-refractivity contribution is 6.35. The first-order chi connectivity index (χ1) is 14.6. The Morgan fingerprint density at radius 2 is 1.94 bits per heavy atom. The van der Waals surface area contributed by atoms with Crippen molar-refractivity contribution >= 4 is 39.3 Å². The van der Waals surface area contributed by atoms with E-state index in [-0.39, 0.29) is 18.0 Å². The van der Waals surface area contributed by atoms with E-state index in [0.29, 0.717) is 33.2 Å². The third-order valence-corrected chi connectivity index (χ3v) is 5.22. The van der Waals surface area contributed by atoms with Gasteiger partial charge in [0.25, 0.3) is 5.91 Å². The summed E-state index contributed by atoms with van der Waals surface area (Å²) in [6.07, 6.45) is -4.39. The second-order valence-electron chi connectivity index (χ2n) is 6.99. The number of carbonyl (C=O) groups is 1. The molecule has 3 N–H and O–H groups in total. The standard InChI is InChI=1S/C21H16ClF4N3O2/c1-10-13(18-14(22)3-4-15(23)19(18)28-10)6-7-27-20(30)17-9-11-8-12(31-21(24,25)26)2-5-16(11)29-17/h2-5,8-9,28-29H,6-7H2,1H3,(H,27,30). The van der Waals surface area contributed by atoms with Crippen LogP contribution in [0, 0.1) is 12.7 Å². The molecule has 0 bridgehead atoms. The fourth-order valence-corrected chi connectivity index (χ4v) is 3.83. The van der Waals surface area contributed by atoms with E-state index in [1.807, 2.05) is 0 Å². The molecule has 2 heterocycles. The van der Waals surface area contributed by atoms with Gasteiger partial charge in [-0.15, -0.1) is 13.2 Å². The fraction of sp³-hybridized carbons (Fsp3) is 0.190. The lowest BCUT2D eigenvalue weighted by Crippen LogP contribution is -2.26. The van der Waals surface area contributed by atoms with Gasteiger partial charge in [0, 0.05) is 28.5 Å². The largest absolute Gasteiger partial charge is 0.573 e. The zero-order chi connectivity index (χ0) is 22.3. The summed E-state index contributed by atoms with van der Waals surface area (Å²) < 4.78 is 55.0. The maximum atomic E-state index is 14.0. The third-order valence-electron chi connectivity index (χ3n) is 4.90. The van der Waals surface area contributed by atoms with E-state index in [1.54, 1.807) is 6.92 Å². The number of aryl methyl sites for hydroxylation is 1. The lowest BCUT2D eigenvalue weighted by atomic mass is 10.1. The molecular formula is C21H16ClF4N3O2. The van der Waals surface area contributed by atoms with Crippen LogP contribution in [0.1, 0.15) is 21.7 Å². The molecule has 2 aromatic carbocycles. The van der Waals surface area contributed by atoms with Crippen LogP contribution in [0.5, 0.6) is 5.75 Å². The summed E-state index contributed by atoms with van der Waals surface area (Å²) in [5, 5.41) is 4.14. The summed E-state index contributed by atoms with van der Waals surface area (Å²) in [5.74, 6) is -1.21. The number of rotatable bonds is 5. The molecule has 1 amide bonds. The van der Waals surface area contributed by atoms with Crippen molar-refractivity contribution in [3.05, 3.63) is 64.2 Å². The van der Waals surface area contributed by atoms with E-state index >= 15 is 0 Å². The van der Waals surface area contributed by atoms with Crippen LogP contribution in [0.4, 0.5) is 17.6 Å². The Morgan fingerprint density at radius 1 is 1.16 bits per heavy atom. The predicted molar refractivity (Wildman–Crippen MR) is 109 cm³/mol. The molecule has 4 aromatic rings. The van der Waals surface area contributed by atoms with Crippen molar-refractivity contribution in [2.75, 3.05) is 6.54 Å². The summed E-state index contributed by atoms with van der Waals surface area (Å²) in [6.45, 7) is 2.04.